The molecule has 0 saturated carbocycles. The molecule has 0 spiro atoms. The smallest absolute Gasteiger partial charge is 0.330 e. The maximum atomic E-state index is 13.4. The number of ether oxygens (including phenoxy) is 1. The van der Waals surface area contributed by atoms with Gasteiger partial charge >= 0.3 is 5.69 Å². The van der Waals surface area contributed by atoms with Gasteiger partial charge in [-0.1, -0.05) is 30.3 Å². The zero-order valence-electron chi connectivity index (χ0n) is 19.7. The Bertz CT molecular complexity index is 1410. The Balaban J connectivity index is 1.67. The Morgan fingerprint density at radius 3 is 2.46 bits per heavy atom. The van der Waals surface area contributed by atoms with Crippen molar-refractivity contribution in [1.82, 2.24) is 14.0 Å². The Hall–Kier alpha value is -3.76. The molecule has 0 radical (unpaired) electrons. The third-order valence-electron chi connectivity index (χ3n) is 5.82. The zero-order valence-corrected chi connectivity index (χ0v) is 20.6. The number of thiophene rings is 1. The molecule has 0 unspecified atom stereocenters. The molecule has 3 heterocycles. The van der Waals surface area contributed by atoms with Gasteiger partial charge in [-0.3, -0.25) is 19.0 Å². The first kappa shape index (κ1) is 24.4. The first-order valence-corrected chi connectivity index (χ1v) is 11.9. The average Bonchev–Trinajstić information content (AvgIpc) is 3.20. The molecule has 10 heteroatoms. The van der Waals surface area contributed by atoms with Gasteiger partial charge in [0.15, 0.2) is 0 Å². The van der Waals surface area contributed by atoms with Gasteiger partial charge in [0, 0.05) is 44.3 Å². The lowest BCUT2D eigenvalue weighted by Gasteiger charge is -2.27. The van der Waals surface area contributed by atoms with Gasteiger partial charge in [0.2, 0.25) is 5.91 Å². The van der Waals surface area contributed by atoms with Crippen molar-refractivity contribution < 1.29 is 14.3 Å². The molecule has 3 aromatic rings. The van der Waals surface area contributed by atoms with E-state index in [0.29, 0.717) is 36.9 Å². The van der Waals surface area contributed by atoms with Crippen LogP contribution in [-0.2, 0) is 23.6 Å². The number of carbonyl (C=O) groups is 2. The van der Waals surface area contributed by atoms with Crippen LogP contribution in [0.5, 0.6) is 0 Å². The molecular weight excluding hydrogens is 468 g/mol. The van der Waals surface area contributed by atoms with Crippen molar-refractivity contribution in [3.05, 3.63) is 80.1 Å². The van der Waals surface area contributed by atoms with Crippen LogP contribution in [-0.4, -0.2) is 52.2 Å². The minimum Gasteiger partial charge on any atom is -0.378 e. The molecule has 1 aromatic carbocycles. The maximum absolute atomic E-state index is 13.4. The summed E-state index contributed by atoms with van der Waals surface area (Å²) in [7, 11) is 2.91. The van der Waals surface area contributed by atoms with E-state index in [4.69, 9.17) is 4.74 Å². The molecule has 2 aromatic heterocycles. The summed E-state index contributed by atoms with van der Waals surface area (Å²) in [5.41, 5.74) is 1.45. The number of anilines is 1. The molecule has 35 heavy (non-hydrogen) atoms. The van der Waals surface area contributed by atoms with Crippen molar-refractivity contribution in [2.45, 2.75) is 6.92 Å². The standard InChI is InChI=1S/C25H26N4O5S/c1-16-20(24(32)29-11-13-34-14-12-29)22(35-21(16)17-7-5-4-6-8-17)26-19(30)10-9-18-15-27(2)25(33)28(3)23(18)31/h4-10,15H,11-14H2,1-3H3,(H,26,30). The summed E-state index contributed by atoms with van der Waals surface area (Å²) in [4.78, 5) is 53.1. The van der Waals surface area contributed by atoms with E-state index in [2.05, 4.69) is 5.32 Å². The van der Waals surface area contributed by atoms with Gasteiger partial charge in [0.1, 0.15) is 5.00 Å². The third kappa shape index (κ3) is 5.03. The van der Waals surface area contributed by atoms with E-state index in [0.717, 1.165) is 20.6 Å². The molecular formula is C25H26N4O5S. The fourth-order valence-corrected chi connectivity index (χ4v) is 5.13. The molecule has 1 fully saturated rings. The number of carbonyl (C=O) groups excluding carboxylic acids is 2. The largest absolute Gasteiger partial charge is 0.378 e. The number of aromatic nitrogens is 2. The van der Waals surface area contributed by atoms with Crippen LogP contribution in [0.25, 0.3) is 16.5 Å². The second-order valence-electron chi connectivity index (χ2n) is 8.20. The summed E-state index contributed by atoms with van der Waals surface area (Å²) < 4.78 is 7.62. The maximum Gasteiger partial charge on any atom is 0.330 e. The second-order valence-corrected chi connectivity index (χ2v) is 9.22. The SMILES string of the molecule is Cc1c(-c2ccccc2)sc(NC(=O)C=Cc2cn(C)c(=O)n(C)c2=O)c1C(=O)N1CCOCC1. The van der Waals surface area contributed by atoms with E-state index in [1.54, 1.807) is 4.90 Å². The van der Waals surface area contributed by atoms with Gasteiger partial charge in [-0.05, 0) is 24.1 Å². The number of amides is 2. The fourth-order valence-electron chi connectivity index (χ4n) is 3.92. The predicted octanol–water partition coefficient (Wildman–Crippen LogP) is 2.25. The molecule has 4 rings (SSSR count). The normalized spacial score (nSPS) is 13.9. The quantitative estimate of drug-likeness (QED) is 0.548. The van der Waals surface area contributed by atoms with Crippen LogP contribution in [0, 0.1) is 6.92 Å². The van der Waals surface area contributed by atoms with E-state index in [-0.39, 0.29) is 11.5 Å². The summed E-state index contributed by atoms with van der Waals surface area (Å²) in [5.74, 6) is -0.645. The van der Waals surface area contributed by atoms with E-state index in [9.17, 15) is 19.2 Å². The van der Waals surface area contributed by atoms with Crippen LogP contribution >= 0.6 is 11.3 Å². The second kappa shape index (κ2) is 10.2. The molecule has 1 saturated heterocycles. The highest BCUT2D eigenvalue weighted by atomic mass is 32.1. The lowest BCUT2D eigenvalue weighted by atomic mass is 10.1. The summed E-state index contributed by atoms with van der Waals surface area (Å²) in [6, 6.07) is 9.69. The van der Waals surface area contributed by atoms with E-state index >= 15 is 0 Å². The number of aryl methyl sites for hydroxylation is 1. The minimum absolute atomic E-state index is 0.157. The Morgan fingerprint density at radius 2 is 1.77 bits per heavy atom. The number of hydrogen-bond acceptors (Lipinski definition) is 6. The zero-order chi connectivity index (χ0) is 25.1. The van der Waals surface area contributed by atoms with Crippen LogP contribution in [0.3, 0.4) is 0 Å². The first-order chi connectivity index (χ1) is 16.8. The average molecular weight is 495 g/mol. The van der Waals surface area contributed by atoms with E-state index in [1.807, 2.05) is 37.3 Å². The van der Waals surface area contributed by atoms with Crippen molar-refractivity contribution in [2.24, 2.45) is 14.1 Å². The predicted molar refractivity (Wildman–Crippen MR) is 136 cm³/mol. The number of hydrogen-bond donors (Lipinski definition) is 1. The molecule has 0 atom stereocenters. The summed E-state index contributed by atoms with van der Waals surface area (Å²) >= 11 is 1.34. The highest BCUT2D eigenvalue weighted by Crippen LogP contribution is 2.40. The van der Waals surface area contributed by atoms with Crippen molar-refractivity contribution in [2.75, 3.05) is 31.6 Å². The van der Waals surface area contributed by atoms with Crippen LogP contribution < -0.4 is 16.6 Å². The third-order valence-corrected chi connectivity index (χ3v) is 7.08. The highest BCUT2D eigenvalue weighted by molar-refractivity contribution is 7.20. The number of morpholine rings is 1. The summed E-state index contributed by atoms with van der Waals surface area (Å²) in [5, 5.41) is 3.27. The molecule has 0 aliphatic carbocycles. The monoisotopic (exact) mass is 494 g/mol. The number of rotatable bonds is 5. The van der Waals surface area contributed by atoms with Crippen LogP contribution in [0.2, 0.25) is 0 Å². The molecule has 2 amide bonds. The molecule has 182 valence electrons. The molecule has 9 nitrogen and oxygen atoms in total. The van der Waals surface area contributed by atoms with Crippen LogP contribution in [0.15, 0.2) is 52.2 Å². The fraction of sp³-hybridized carbons (Fsp3) is 0.280. The van der Waals surface area contributed by atoms with Gasteiger partial charge in [-0.15, -0.1) is 11.3 Å². The van der Waals surface area contributed by atoms with E-state index in [1.165, 1.54) is 48.3 Å². The lowest BCUT2D eigenvalue weighted by Crippen LogP contribution is -2.41. The van der Waals surface area contributed by atoms with Crippen molar-refractivity contribution >= 4 is 34.2 Å². The first-order valence-electron chi connectivity index (χ1n) is 11.1. The lowest BCUT2D eigenvalue weighted by molar-refractivity contribution is -0.111. The Kier molecular flexibility index (Phi) is 7.13. The van der Waals surface area contributed by atoms with Crippen molar-refractivity contribution in [3.63, 3.8) is 0 Å². The van der Waals surface area contributed by atoms with Crippen molar-refractivity contribution in [3.8, 4) is 10.4 Å². The van der Waals surface area contributed by atoms with E-state index < -0.39 is 17.2 Å². The van der Waals surface area contributed by atoms with Gasteiger partial charge < -0.3 is 19.5 Å². The highest BCUT2D eigenvalue weighted by Gasteiger charge is 2.27. The van der Waals surface area contributed by atoms with Crippen LogP contribution in [0.1, 0.15) is 21.5 Å². The van der Waals surface area contributed by atoms with Gasteiger partial charge in [0.25, 0.3) is 11.5 Å². The number of nitrogens with zero attached hydrogens (tertiary/aromatic N) is 3. The summed E-state index contributed by atoms with van der Waals surface area (Å²) in [6.07, 6.45) is 3.96. The Labute approximate surface area is 205 Å². The molecule has 1 N–H and O–H groups in total. The van der Waals surface area contributed by atoms with Gasteiger partial charge in [0.05, 0.1) is 24.3 Å². The van der Waals surface area contributed by atoms with Crippen molar-refractivity contribution in [1.29, 1.82) is 0 Å². The van der Waals surface area contributed by atoms with Gasteiger partial charge in [-0.2, -0.15) is 0 Å². The topological polar surface area (TPSA) is 103 Å². The van der Waals surface area contributed by atoms with Gasteiger partial charge in [-0.25, -0.2) is 4.79 Å². The number of benzene rings is 1. The molecule has 1 aliphatic rings. The molecule has 0 bridgehead atoms. The Morgan fingerprint density at radius 1 is 1.09 bits per heavy atom. The number of nitrogens with one attached hydrogen (secondary N) is 1. The summed E-state index contributed by atoms with van der Waals surface area (Å²) in [6.45, 7) is 3.79. The van der Waals surface area contributed by atoms with Crippen LogP contribution in [0.4, 0.5) is 5.00 Å². The minimum atomic E-state index is -0.501. The molecule has 1 aliphatic heterocycles.